The maximum atomic E-state index is 12.6. The number of hydrogen-bond donors (Lipinski definition) is 2. The molecule has 7 nitrogen and oxygen atoms in total. The van der Waals surface area contributed by atoms with Crippen molar-refractivity contribution < 1.29 is 18.0 Å². The summed E-state index contributed by atoms with van der Waals surface area (Å²) in [6.07, 6.45) is 2.05. The molecular formula is C18H19N3O4S2. The summed E-state index contributed by atoms with van der Waals surface area (Å²) in [4.78, 5) is 28.8. The van der Waals surface area contributed by atoms with Crippen molar-refractivity contribution in [3.05, 3.63) is 42.6 Å². The zero-order valence-electron chi connectivity index (χ0n) is 14.6. The molecule has 1 unspecified atom stereocenters. The molecule has 1 aromatic carbocycles. The molecule has 2 amide bonds. The number of aromatic nitrogens is 1. The van der Waals surface area contributed by atoms with E-state index in [2.05, 4.69) is 15.6 Å². The minimum absolute atomic E-state index is 0.0859. The van der Waals surface area contributed by atoms with Gasteiger partial charge in [0.25, 0.3) is 0 Å². The number of benzene rings is 1. The standard InChI is InChI=1S/C18H19N3O4S2/c1-2-14-18(23)20-13-11-12(6-7-15(13)26-14)27(24,25)10-8-17(22)21-16-5-3-4-9-19-16/h3-7,9,11,14H,2,8,10H2,1H3,(H,20,23)(H,19,21,22). The number of carbonyl (C=O) groups is 2. The first kappa shape index (κ1) is 19.4. The highest BCUT2D eigenvalue weighted by Crippen LogP contribution is 2.38. The van der Waals surface area contributed by atoms with Crippen molar-refractivity contribution in [2.24, 2.45) is 0 Å². The molecule has 0 fully saturated rings. The van der Waals surface area contributed by atoms with Gasteiger partial charge in [0, 0.05) is 17.5 Å². The molecule has 2 aromatic rings. The monoisotopic (exact) mass is 405 g/mol. The van der Waals surface area contributed by atoms with Gasteiger partial charge in [0.05, 0.1) is 21.6 Å². The number of amides is 2. The van der Waals surface area contributed by atoms with Gasteiger partial charge in [0.1, 0.15) is 5.82 Å². The topological polar surface area (TPSA) is 105 Å². The Balaban J connectivity index is 1.68. The van der Waals surface area contributed by atoms with Crippen LogP contribution in [0.15, 0.2) is 52.4 Å². The van der Waals surface area contributed by atoms with Gasteiger partial charge in [0.2, 0.25) is 11.8 Å². The number of hydrogen-bond acceptors (Lipinski definition) is 6. The van der Waals surface area contributed by atoms with Crippen molar-refractivity contribution >= 4 is 44.9 Å². The summed E-state index contributed by atoms with van der Waals surface area (Å²) in [6, 6.07) is 9.74. The molecule has 1 aliphatic rings. The zero-order valence-corrected chi connectivity index (χ0v) is 16.3. The van der Waals surface area contributed by atoms with Crippen molar-refractivity contribution in [1.29, 1.82) is 0 Å². The lowest BCUT2D eigenvalue weighted by molar-refractivity contribution is -0.116. The number of anilines is 2. The van der Waals surface area contributed by atoms with Crippen LogP contribution in [0, 0.1) is 0 Å². The SMILES string of the molecule is CCC1Sc2ccc(S(=O)(=O)CCC(=O)Nc3ccccn3)cc2NC1=O. The van der Waals surface area contributed by atoms with E-state index in [1.807, 2.05) is 6.92 Å². The molecule has 0 spiro atoms. The van der Waals surface area contributed by atoms with E-state index in [1.165, 1.54) is 30.1 Å². The smallest absolute Gasteiger partial charge is 0.237 e. The van der Waals surface area contributed by atoms with Crippen LogP contribution in [0.25, 0.3) is 0 Å². The van der Waals surface area contributed by atoms with Crippen LogP contribution in [0.3, 0.4) is 0 Å². The van der Waals surface area contributed by atoms with E-state index >= 15 is 0 Å². The van der Waals surface area contributed by atoms with E-state index in [0.717, 1.165) is 4.90 Å². The van der Waals surface area contributed by atoms with Crippen molar-refractivity contribution in [1.82, 2.24) is 4.98 Å². The number of pyridine rings is 1. The Bertz CT molecular complexity index is 962. The highest BCUT2D eigenvalue weighted by Gasteiger charge is 2.27. The molecule has 27 heavy (non-hydrogen) atoms. The Kier molecular flexibility index (Phi) is 5.81. The Hall–Kier alpha value is -2.39. The predicted octanol–water partition coefficient (Wildman–Crippen LogP) is 2.71. The van der Waals surface area contributed by atoms with Crippen molar-refractivity contribution in [3.8, 4) is 0 Å². The fourth-order valence-corrected chi connectivity index (χ4v) is 4.86. The first-order valence-corrected chi connectivity index (χ1v) is 11.0. The second-order valence-electron chi connectivity index (χ2n) is 5.99. The molecule has 2 heterocycles. The molecule has 9 heteroatoms. The summed E-state index contributed by atoms with van der Waals surface area (Å²) in [5.74, 6) is -0.508. The first-order valence-electron chi connectivity index (χ1n) is 8.44. The fraction of sp³-hybridized carbons (Fsp3) is 0.278. The van der Waals surface area contributed by atoms with Crippen LogP contribution in [-0.4, -0.2) is 36.2 Å². The molecule has 1 aliphatic heterocycles. The molecule has 0 saturated heterocycles. The number of fused-ring (bicyclic) bond motifs is 1. The van der Waals surface area contributed by atoms with Gasteiger partial charge in [-0.15, -0.1) is 11.8 Å². The number of nitrogens with zero attached hydrogens (tertiary/aromatic N) is 1. The lowest BCUT2D eigenvalue weighted by Gasteiger charge is -2.23. The summed E-state index contributed by atoms with van der Waals surface area (Å²) in [5.41, 5.74) is 0.494. The van der Waals surface area contributed by atoms with E-state index in [9.17, 15) is 18.0 Å². The van der Waals surface area contributed by atoms with Gasteiger partial charge in [-0.25, -0.2) is 13.4 Å². The lowest BCUT2D eigenvalue weighted by Crippen LogP contribution is -2.28. The van der Waals surface area contributed by atoms with Crippen molar-refractivity contribution in [3.63, 3.8) is 0 Å². The van der Waals surface area contributed by atoms with Gasteiger partial charge in [-0.3, -0.25) is 9.59 Å². The van der Waals surface area contributed by atoms with Gasteiger partial charge >= 0.3 is 0 Å². The van der Waals surface area contributed by atoms with Gasteiger partial charge in [-0.1, -0.05) is 13.0 Å². The molecule has 142 valence electrons. The molecule has 1 atom stereocenters. The normalized spacial score (nSPS) is 16.3. The molecule has 1 aromatic heterocycles. The maximum Gasteiger partial charge on any atom is 0.237 e. The van der Waals surface area contributed by atoms with E-state index < -0.39 is 15.7 Å². The minimum Gasteiger partial charge on any atom is -0.324 e. The third-order valence-corrected chi connectivity index (χ3v) is 7.19. The predicted molar refractivity (Wildman–Crippen MR) is 105 cm³/mol. The van der Waals surface area contributed by atoms with E-state index in [-0.39, 0.29) is 28.2 Å². The summed E-state index contributed by atoms with van der Waals surface area (Å²) in [7, 11) is -3.66. The van der Waals surface area contributed by atoms with Crippen LogP contribution in [0.2, 0.25) is 0 Å². The Morgan fingerprint density at radius 1 is 1.30 bits per heavy atom. The second kappa shape index (κ2) is 8.10. The zero-order chi connectivity index (χ0) is 19.4. The molecule has 3 rings (SSSR count). The van der Waals surface area contributed by atoms with Crippen molar-refractivity contribution in [2.45, 2.75) is 34.8 Å². The summed E-state index contributed by atoms with van der Waals surface area (Å²) in [5, 5.41) is 5.15. The van der Waals surface area contributed by atoms with Gasteiger partial charge in [-0.2, -0.15) is 0 Å². The van der Waals surface area contributed by atoms with Crippen LogP contribution < -0.4 is 10.6 Å². The van der Waals surface area contributed by atoms with E-state index in [4.69, 9.17) is 0 Å². The summed E-state index contributed by atoms with van der Waals surface area (Å²) in [6.45, 7) is 1.93. The van der Waals surface area contributed by atoms with Gasteiger partial charge in [0.15, 0.2) is 9.84 Å². The molecule has 0 bridgehead atoms. The van der Waals surface area contributed by atoms with Crippen LogP contribution in [0.4, 0.5) is 11.5 Å². The van der Waals surface area contributed by atoms with E-state index in [1.54, 1.807) is 24.3 Å². The van der Waals surface area contributed by atoms with Crippen LogP contribution in [0.1, 0.15) is 19.8 Å². The third kappa shape index (κ3) is 4.67. The highest BCUT2D eigenvalue weighted by atomic mass is 32.2. The second-order valence-corrected chi connectivity index (χ2v) is 9.35. The van der Waals surface area contributed by atoms with Crippen LogP contribution in [-0.2, 0) is 19.4 Å². The maximum absolute atomic E-state index is 12.6. The van der Waals surface area contributed by atoms with Gasteiger partial charge in [-0.05, 0) is 36.8 Å². The summed E-state index contributed by atoms with van der Waals surface area (Å²) < 4.78 is 25.1. The lowest BCUT2D eigenvalue weighted by atomic mass is 10.2. The number of carbonyl (C=O) groups excluding carboxylic acids is 2. The number of thioether (sulfide) groups is 1. The largest absolute Gasteiger partial charge is 0.324 e. The molecule has 0 aliphatic carbocycles. The minimum atomic E-state index is -3.66. The number of sulfone groups is 1. The number of nitrogens with one attached hydrogen (secondary N) is 2. The molecule has 0 radical (unpaired) electrons. The third-order valence-electron chi connectivity index (χ3n) is 4.03. The Morgan fingerprint density at radius 2 is 2.11 bits per heavy atom. The Labute approximate surface area is 161 Å². The average Bonchev–Trinajstić information content (AvgIpc) is 2.66. The molecule has 0 saturated carbocycles. The Morgan fingerprint density at radius 3 is 2.81 bits per heavy atom. The molecular weight excluding hydrogens is 386 g/mol. The van der Waals surface area contributed by atoms with Gasteiger partial charge < -0.3 is 10.6 Å². The molecule has 2 N–H and O–H groups in total. The first-order chi connectivity index (χ1) is 12.9. The average molecular weight is 406 g/mol. The van der Waals surface area contributed by atoms with Crippen LogP contribution in [0.5, 0.6) is 0 Å². The van der Waals surface area contributed by atoms with E-state index in [0.29, 0.717) is 17.9 Å². The fourth-order valence-electron chi connectivity index (χ4n) is 2.58. The van der Waals surface area contributed by atoms with Crippen molar-refractivity contribution in [2.75, 3.05) is 16.4 Å². The summed E-state index contributed by atoms with van der Waals surface area (Å²) >= 11 is 1.43. The van der Waals surface area contributed by atoms with Crippen LogP contribution >= 0.6 is 11.8 Å². The quantitative estimate of drug-likeness (QED) is 0.766. The highest BCUT2D eigenvalue weighted by molar-refractivity contribution is 8.01. The number of rotatable bonds is 6.